The van der Waals surface area contributed by atoms with Crippen molar-refractivity contribution in [1.29, 1.82) is 0 Å². The van der Waals surface area contributed by atoms with E-state index < -0.39 is 10.0 Å². The van der Waals surface area contributed by atoms with Crippen LogP contribution < -0.4 is 10.5 Å². The van der Waals surface area contributed by atoms with E-state index in [4.69, 9.17) is 17.3 Å². The standard InChI is InChI=1S/C14H23ClN2O2S/c1-3-4-5-6-11(2)17-20(18,19)14-9-12(10-16)7-8-13(14)15/h7-9,11,17H,3-6,10,16H2,1-2H3. The average Bonchev–Trinajstić information content (AvgIpc) is 2.38. The smallest absolute Gasteiger partial charge is 0.242 e. The molecule has 0 saturated carbocycles. The van der Waals surface area contributed by atoms with E-state index in [1.807, 2.05) is 6.92 Å². The fraction of sp³-hybridized carbons (Fsp3) is 0.571. The summed E-state index contributed by atoms with van der Waals surface area (Å²) in [5, 5.41) is 0.218. The highest BCUT2D eigenvalue weighted by Gasteiger charge is 2.20. The van der Waals surface area contributed by atoms with Crippen molar-refractivity contribution in [3.63, 3.8) is 0 Å². The number of unbranched alkanes of at least 4 members (excludes halogenated alkanes) is 2. The monoisotopic (exact) mass is 318 g/mol. The predicted octanol–water partition coefficient (Wildman–Crippen LogP) is 3.05. The normalized spacial score (nSPS) is 13.4. The van der Waals surface area contributed by atoms with E-state index in [9.17, 15) is 8.42 Å². The Morgan fingerprint density at radius 3 is 2.65 bits per heavy atom. The molecule has 6 heteroatoms. The lowest BCUT2D eigenvalue weighted by molar-refractivity contribution is 0.527. The quantitative estimate of drug-likeness (QED) is 0.724. The van der Waals surface area contributed by atoms with Crippen LogP contribution in [-0.4, -0.2) is 14.5 Å². The number of nitrogens with two attached hydrogens (primary N) is 1. The molecule has 0 saturated heterocycles. The first-order valence-corrected chi connectivity index (χ1v) is 8.77. The number of halogens is 1. The van der Waals surface area contributed by atoms with Crippen LogP contribution in [0.2, 0.25) is 5.02 Å². The summed E-state index contributed by atoms with van der Waals surface area (Å²) in [6.07, 6.45) is 4.05. The van der Waals surface area contributed by atoms with Gasteiger partial charge in [0.15, 0.2) is 0 Å². The van der Waals surface area contributed by atoms with E-state index in [2.05, 4.69) is 11.6 Å². The third-order valence-electron chi connectivity index (χ3n) is 3.12. The Morgan fingerprint density at radius 2 is 2.05 bits per heavy atom. The second-order valence-corrected chi connectivity index (χ2v) is 7.08. The molecule has 0 radical (unpaired) electrons. The number of hydrogen-bond acceptors (Lipinski definition) is 3. The molecule has 4 nitrogen and oxygen atoms in total. The lowest BCUT2D eigenvalue weighted by atomic mass is 10.1. The molecule has 1 atom stereocenters. The minimum absolute atomic E-state index is 0.101. The molecule has 0 heterocycles. The molecule has 3 N–H and O–H groups in total. The summed E-state index contributed by atoms with van der Waals surface area (Å²) < 4.78 is 27.3. The first-order valence-electron chi connectivity index (χ1n) is 6.91. The van der Waals surface area contributed by atoms with E-state index >= 15 is 0 Å². The lowest BCUT2D eigenvalue weighted by Crippen LogP contribution is -2.32. The summed E-state index contributed by atoms with van der Waals surface area (Å²) in [6.45, 7) is 4.27. The summed E-state index contributed by atoms with van der Waals surface area (Å²) >= 11 is 5.99. The Kier molecular flexibility index (Phi) is 6.95. The van der Waals surface area contributed by atoms with Gasteiger partial charge in [0.05, 0.1) is 5.02 Å². The molecule has 0 aliphatic heterocycles. The van der Waals surface area contributed by atoms with Crippen molar-refractivity contribution in [1.82, 2.24) is 4.72 Å². The molecule has 1 aromatic carbocycles. The second kappa shape index (κ2) is 7.98. The van der Waals surface area contributed by atoms with Gasteiger partial charge in [0.2, 0.25) is 10.0 Å². The molecule has 0 aliphatic carbocycles. The molecular formula is C14H23ClN2O2S. The van der Waals surface area contributed by atoms with Crippen molar-refractivity contribution in [2.45, 2.75) is 57.0 Å². The van der Waals surface area contributed by atoms with Crippen molar-refractivity contribution in [2.75, 3.05) is 0 Å². The largest absolute Gasteiger partial charge is 0.326 e. The molecule has 0 amide bonds. The molecule has 0 fully saturated rings. The Bertz CT molecular complexity index is 532. The first-order chi connectivity index (χ1) is 9.40. The van der Waals surface area contributed by atoms with E-state index in [0.29, 0.717) is 0 Å². The molecule has 0 spiro atoms. The number of sulfonamides is 1. The Labute approximate surface area is 126 Å². The molecule has 0 aliphatic rings. The van der Waals surface area contributed by atoms with E-state index in [-0.39, 0.29) is 22.5 Å². The van der Waals surface area contributed by atoms with Crippen molar-refractivity contribution in [3.05, 3.63) is 28.8 Å². The van der Waals surface area contributed by atoms with Gasteiger partial charge >= 0.3 is 0 Å². The third kappa shape index (κ3) is 5.05. The van der Waals surface area contributed by atoms with Crippen molar-refractivity contribution in [3.8, 4) is 0 Å². The summed E-state index contributed by atoms with van der Waals surface area (Å²) in [4.78, 5) is 0.101. The topological polar surface area (TPSA) is 72.2 Å². The van der Waals surface area contributed by atoms with Gasteiger partial charge in [-0.3, -0.25) is 0 Å². The number of hydrogen-bond donors (Lipinski definition) is 2. The highest BCUT2D eigenvalue weighted by atomic mass is 35.5. The second-order valence-electron chi connectivity index (χ2n) is 4.99. The zero-order valence-corrected chi connectivity index (χ0v) is 13.6. The summed E-state index contributed by atoms with van der Waals surface area (Å²) in [6, 6.07) is 4.72. The lowest BCUT2D eigenvalue weighted by Gasteiger charge is -2.15. The summed E-state index contributed by atoms with van der Waals surface area (Å²) in [5.41, 5.74) is 6.28. The van der Waals surface area contributed by atoms with E-state index in [0.717, 1.165) is 31.2 Å². The van der Waals surface area contributed by atoms with Crippen molar-refractivity contribution < 1.29 is 8.42 Å². The molecule has 1 rings (SSSR count). The minimum atomic E-state index is -3.60. The van der Waals surface area contributed by atoms with E-state index in [1.54, 1.807) is 12.1 Å². The van der Waals surface area contributed by atoms with Crippen LogP contribution in [0.3, 0.4) is 0 Å². The van der Waals surface area contributed by atoms with Crippen LogP contribution >= 0.6 is 11.6 Å². The van der Waals surface area contributed by atoms with Crippen molar-refractivity contribution >= 4 is 21.6 Å². The Morgan fingerprint density at radius 1 is 1.35 bits per heavy atom. The van der Waals surface area contributed by atoms with Crippen LogP contribution in [0.1, 0.15) is 45.1 Å². The predicted molar refractivity (Wildman–Crippen MR) is 83.3 cm³/mol. The van der Waals surface area contributed by atoms with Gasteiger partial charge in [-0.05, 0) is 31.0 Å². The molecule has 1 unspecified atom stereocenters. The maximum absolute atomic E-state index is 12.3. The number of rotatable bonds is 8. The first kappa shape index (κ1) is 17.4. The van der Waals surface area contributed by atoms with E-state index in [1.165, 1.54) is 6.07 Å². The highest BCUT2D eigenvalue weighted by molar-refractivity contribution is 7.89. The molecular weight excluding hydrogens is 296 g/mol. The van der Waals surface area contributed by atoms with Gasteiger partial charge < -0.3 is 5.73 Å². The Hall–Kier alpha value is -0.620. The molecule has 20 heavy (non-hydrogen) atoms. The van der Waals surface area contributed by atoms with Gasteiger partial charge in [0, 0.05) is 12.6 Å². The Balaban J connectivity index is 2.83. The van der Waals surface area contributed by atoms with Crippen LogP contribution in [0.4, 0.5) is 0 Å². The zero-order valence-electron chi connectivity index (χ0n) is 12.0. The molecule has 1 aromatic rings. The SMILES string of the molecule is CCCCCC(C)NS(=O)(=O)c1cc(CN)ccc1Cl. The number of nitrogens with one attached hydrogen (secondary N) is 1. The van der Waals surface area contributed by atoms with Crippen LogP contribution in [0.15, 0.2) is 23.1 Å². The van der Waals surface area contributed by atoms with Gasteiger partial charge in [0.1, 0.15) is 4.90 Å². The van der Waals surface area contributed by atoms with Gasteiger partial charge in [-0.25, -0.2) is 13.1 Å². The minimum Gasteiger partial charge on any atom is -0.326 e. The third-order valence-corrected chi connectivity index (χ3v) is 5.19. The van der Waals surface area contributed by atoms with Crippen LogP contribution in [-0.2, 0) is 16.6 Å². The fourth-order valence-corrected chi connectivity index (χ4v) is 3.80. The van der Waals surface area contributed by atoms with Crippen molar-refractivity contribution in [2.24, 2.45) is 5.73 Å². The van der Waals surface area contributed by atoms with Crippen LogP contribution in [0.5, 0.6) is 0 Å². The number of benzene rings is 1. The fourth-order valence-electron chi connectivity index (χ4n) is 1.97. The maximum Gasteiger partial charge on any atom is 0.242 e. The summed E-state index contributed by atoms with van der Waals surface area (Å²) in [7, 11) is -3.60. The van der Waals surface area contributed by atoms with Gasteiger partial charge in [0.25, 0.3) is 0 Å². The van der Waals surface area contributed by atoms with Crippen LogP contribution in [0, 0.1) is 0 Å². The summed E-state index contributed by atoms with van der Waals surface area (Å²) in [5.74, 6) is 0. The van der Waals surface area contributed by atoms with Crippen LogP contribution in [0.25, 0.3) is 0 Å². The van der Waals surface area contributed by atoms with Gasteiger partial charge in [-0.1, -0.05) is 43.9 Å². The van der Waals surface area contributed by atoms with Gasteiger partial charge in [-0.2, -0.15) is 0 Å². The molecule has 0 bridgehead atoms. The van der Waals surface area contributed by atoms with Gasteiger partial charge in [-0.15, -0.1) is 0 Å². The highest BCUT2D eigenvalue weighted by Crippen LogP contribution is 2.23. The molecule has 114 valence electrons. The maximum atomic E-state index is 12.3. The zero-order chi connectivity index (χ0) is 15.2. The average molecular weight is 319 g/mol. The molecule has 0 aromatic heterocycles.